The third kappa shape index (κ3) is 4.10. The lowest BCUT2D eigenvalue weighted by Gasteiger charge is -2.33. The summed E-state index contributed by atoms with van der Waals surface area (Å²) in [4.78, 5) is 12.7. The first kappa shape index (κ1) is 19.4. The average Bonchev–Trinajstić information content (AvgIpc) is 3.38. The highest BCUT2D eigenvalue weighted by atomic mass is 32.2. The number of benzene rings is 1. The van der Waals surface area contributed by atoms with Gasteiger partial charge in [0.15, 0.2) is 0 Å². The smallest absolute Gasteiger partial charge is 0.243 e. The highest BCUT2D eigenvalue weighted by Crippen LogP contribution is 2.28. The Morgan fingerprint density at radius 2 is 2.03 bits per heavy atom. The second-order valence-corrected chi connectivity index (χ2v) is 9.03. The van der Waals surface area contributed by atoms with Gasteiger partial charge < -0.3 is 9.73 Å². The summed E-state index contributed by atoms with van der Waals surface area (Å²) in [7, 11) is -3.67. The molecule has 8 nitrogen and oxygen atoms in total. The van der Waals surface area contributed by atoms with Crippen LogP contribution in [-0.4, -0.2) is 35.0 Å². The average molecular weight is 414 g/mol. The van der Waals surface area contributed by atoms with Crippen LogP contribution in [0.1, 0.15) is 29.5 Å². The van der Waals surface area contributed by atoms with Gasteiger partial charge in [-0.25, -0.2) is 8.42 Å². The molecular weight excluding hydrogens is 392 g/mol. The van der Waals surface area contributed by atoms with Crippen LogP contribution in [0.2, 0.25) is 0 Å². The van der Waals surface area contributed by atoms with E-state index in [9.17, 15) is 13.2 Å². The molecular formula is C20H22N4O4S. The molecule has 29 heavy (non-hydrogen) atoms. The lowest BCUT2D eigenvalue weighted by atomic mass is 10.1. The number of carbonyl (C=O) groups is 1. The van der Waals surface area contributed by atoms with Gasteiger partial charge in [-0.1, -0.05) is 17.7 Å². The van der Waals surface area contributed by atoms with E-state index in [1.54, 1.807) is 59.6 Å². The van der Waals surface area contributed by atoms with Crippen molar-refractivity contribution in [2.75, 3.05) is 6.54 Å². The van der Waals surface area contributed by atoms with Crippen molar-refractivity contribution in [1.29, 1.82) is 0 Å². The Labute approximate surface area is 169 Å². The predicted octanol–water partition coefficient (Wildman–Crippen LogP) is 2.24. The van der Waals surface area contributed by atoms with Crippen molar-refractivity contribution < 1.29 is 17.6 Å². The molecule has 0 radical (unpaired) electrons. The van der Waals surface area contributed by atoms with E-state index in [0.717, 1.165) is 11.3 Å². The zero-order chi connectivity index (χ0) is 20.4. The summed E-state index contributed by atoms with van der Waals surface area (Å²) in [6.07, 6.45) is 3.30. The minimum Gasteiger partial charge on any atom is -0.467 e. The van der Waals surface area contributed by atoms with Crippen LogP contribution in [0.3, 0.4) is 0 Å². The van der Waals surface area contributed by atoms with E-state index in [2.05, 4.69) is 10.4 Å². The molecule has 2 aromatic heterocycles. The Bertz CT molecular complexity index is 1090. The highest BCUT2D eigenvalue weighted by Gasteiger charge is 2.34. The summed E-state index contributed by atoms with van der Waals surface area (Å²) in [5.74, 6) is 0.466. The molecule has 0 fully saturated rings. The number of aromatic nitrogens is 2. The number of amides is 1. The first-order chi connectivity index (χ1) is 13.9. The van der Waals surface area contributed by atoms with Crippen molar-refractivity contribution in [2.45, 2.75) is 37.4 Å². The second-order valence-electron chi connectivity index (χ2n) is 7.09. The molecule has 0 saturated carbocycles. The second kappa shape index (κ2) is 7.84. The molecule has 0 aliphatic carbocycles. The molecule has 1 N–H and O–H groups in total. The third-order valence-corrected chi connectivity index (χ3v) is 6.80. The number of hydrogen-bond acceptors (Lipinski definition) is 5. The number of hydrogen-bond donors (Lipinski definition) is 1. The monoisotopic (exact) mass is 414 g/mol. The lowest BCUT2D eigenvalue weighted by molar-refractivity contribution is -0.122. The topological polar surface area (TPSA) is 97.4 Å². The molecule has 0 bridgehead atoms. The van der Waals surface area contributed by atoms with Crippen molar-refractivity contribution >= 4 is 15.9 Å². The largest absolute Gasteiger partial charge is 0.467 e. The number of aryl methyl sites for hydroxylation is 1. The van der Waals surface area contributed by atoms with Crippen LogP contribution >= 0.6 is 0 Å². The van der Waals surface area contributed by atoms with Gasteiger partial charge in [0.1, 0.15) is 5.76 Å². The first-order valence-electron chi connectivity index (χ1n) is 9.32. The number of nitrogens with one attached hydrogen (secondary N) is 1. The maximum Gasteiger partial charge on any atom is 0.243 e. The number of nitrogens with zero attached hydrogens (tertiary/aromatic N) is 3. The predicted molar refractivity (Wildman–Crippen MR) is 105 cm³/mol. The Balaban J connectivity index is 1.51. The number of sulfonamides is 1. The van der Waals surface area contributed by atoms with E-state index in [4.69, 9.17) is 4.42 Å². The molecule has 3 heterocycles. The van der Waals surface area contributed by atoms with Gasteiger partial charge in [0.05, 0.1) is 42.4 Å². The van der Waals surface area contributed by atoms with E-state index in [-0.39, 0.29) is 42.9 Å². The SMILES string of the molecule is Cc1ccc(S(=O)(=O)N2Cc3ccnn3[C@@H](CC(=O)NCc3ccco3)C2)cc1. The minimum absolute atomic E-state index is 0.120. The van der Waals surface area contributed by atoms with Gasteiger partial charge in [0, 0.05) is 12.7 Å². The van der Waals surface area contributed by atoms with Crippen LogP contribution in [-0.2, 0) is 27.9 Å². The maximum atomic E-state index is 13.1. The van der Waals surface area contributed by atoms with Crippen LogP contribution in [0.15, 0.2) is 64.2 Å². The number of rotatable bonds is 6. The van der Waals surface area contributed by atoms with Gasteiger partial charge in [-0.3, -0.25) is 9.48 Å². The molecule has 1 aromatic carbocycles. The van der Waals surface area contributed by atoms with Crippen LogP contribution in [0.5, 0.6) is 0 Å². The fraction of sp³-hybridized carbons (Fsp3) is 0.300. The van der Waals surface area contributed by atoms with Crippen molar-refractivity contribution in [3.63, 3.8) is 0 Å². The number of fused-ring (bicyclic) bond motifs is 1. The summed E-state index contributed by atoms with van der Waals surface area (Å²) >= 11 is 0. The van der Waals surface area contributed by atoms with Crippen molar-refractivity contribution in [2.24, 2.45) is 0 Å². The highest BCUT2D eigenvalue weighted by molar-refractivity contribution is 7.89. The molecule has 9 heteroatoms. The van der Waals surface area contributed by atoms with E-state index in [0.29, 0.717) is 5.76 Å². The summed E-state index contributed by atoms with van der Waals surface area (Å²) in [5, 5.41) is 7.10. The Morgan fingerprint density at radius 1 is 1.24 bits per heavy atom. The van der Waals surface area contributed by atoms with Crippen molar-refractivity contribution in [1.82, 2.24) is 19.4 Å². The number of carbonyl (C=O) groups excluding carboxylic acids is 1. The van der Waals surface area contributed by atoms with Gasteiger partial charge in [-0.2, -0.15) is 9.40 Å². The standard InChI is InChI=1S/C20H22N4O4S/c1-15-4-6-19(7-5-15)29(26,27)23-13-16-8-9-22-24(16)17(14-23)11-20(25)21-12-18-3-2-10-28-18/h2-10,17H,11-14H2,1H3,(H,21,25)/t17-/m0/s1. The normalized spacial score (nSPS) is 17.1. The molecule has 152 valence electrons. The van der Waals surface area contributed by atoms with Crippen molar-refractivity contribution in [3.8, 4) is 0 Å². The molecule has 0 spiro atoms. The molecule has 4 rings (SSSR count). The molecule has 1 amide bonds. The van der Waals surface area contributed by atoms with E-state index in [1.165, 1.54) is 4.31 Å². The molecule has 3 aromatic rings. The summed E-state index contributed by atoms with van der Waals surface area (Å²) < 4.78 is 34.6. The summed E-state index contributed by atoms with van der Waals surface area (Å²) in [6, 6.07) is 11.7. The lowest BCUT2D eigenvalue weighted by Crippen LogP contribution is -2.42. The first-order valence-corrected chi connectivity index (χ1v) is 10.8. The molecule has 1 atom stereocenters. The molecule has 0 unspecified atom stereocenters. The van der Waals surface area contributed by atoms with Gasteiger partial charge in [0.2, 0.25) is 15.9 Å². The zero-order valence-electron chi connectivity index (χ0n) is 16.0. The van der Waals surface area contributed by atoms with Gasteiger partial charge in [-0.05, 0) is 37.3 Å². The Morgan fingerprint density at radius 3 is 2.76 bits per heavy atom. The minimum atomic E-state index is -3.67. The molecule has 1 aliphatic heterocycles. The van der Waals surface area contributed by atoms with Gasteiger partial charge in [-0.15, -0.1) is 0 Å². The van der Waals surface area contributed by atoms with E-state index < -0.39 is 10.0 Å². The fourth-order valence-corrected chi connectivity index (χ4v) is 4.88. The molecule has 0 saturated heterocycles. The van der Waals surface area contributed by atoms with Crippen LogP contribution in [0, 0.1) is 6.92 Å². The fourth-order valence-electron chi connectivity index (χ4n) is 3.43. The Hall–Kier alpha value is -2.91. The van der Waals surface area contributed by atoms with Gasteiger partial charge in [0.25, 0.3) is 0 Å². The van der Waals surface area contributed by atoms with Gasteiger partial charge >= 0.3 is 0 Å². The summed E-state index contributed by atoms with van der Waals surface area (Å²) in [6.45, 7) is 2.60. The van der Waals surface area contributed by atoms with Crippen molar-refractivity contribution in [3.05, 3.63) is 71.9 Å². The summed E-state index contributed by atoms with van der Waals surface area (Å²) in [5.41, 5.74) is 1.75. The van der Waals surface area contributed by atoms with E-state index >= 15 is 0 Å². The quantitative estimate of drug-likeness (QED) is 0.667. The van der Waals surface area contributed by atoms with Crippen LogP contribution < -0.4 is 5.32 Å². The van der Waals surface area contributed by atoms with E-state index in [1.807, 2.05) is 6.92 Å². The zero-order valence-corrected chi connectivity index (χ0v) is 16.8. The molecule has 1 aliphatic rings. The number of furan rings is 1. The van der Waals surface area contributed by atoms with Crippen LogP contribution in [0.25, 0.3) is 0 Å². The van der Waals surface area contributed by atoms with Crippen LogP contribution in [0.4, 0.5) is 0 Å². The maximum absolute atomic E-state index is 13.1. The third-order valence-electron chi connectivity index (χ3n) is 4.97. The Kier molecular flexibility index (Phi) is 5.25.